The van der Waals surface area contributed by atoms with Crippen molar-refractivity contribution >= 4 is 29.2 Å². The van der Waals surface area contributed by atoms with Gasteiger partial charge in [-0.05, 0) is 0 Å². The topological polar surface area (TPSA) is 143 Å². The van der Waals surface area contributed by atoms with Crippen LogP contribution in [-0.2, 0) is 17.9 Å². The molecule has 0 amide bonds. The lowest BCUT2D eigenvalue weighted by Crippen LogP contribution is -2.50. The number of nitrogens with zero attached hydrogens (tertiary/aromatic N) is 5. The molecular formula is C10H10ClN7O3. The molecule has 1 unspecified atom stereocenters. The fourth-order valence-electron chi connectivity index (χ4n) is 2.20. The summed E-state index contributed by atoms with van der Waals surface area (Å²) in [7, 11) is 0. The molecule has 4 N–H and O–H groups in total. The Morgan fingerprint density at radius 3 is 3.00 bits per heavy atom. The van der Waals surface area contributed by atoms with E-state index >= 15 is 0 Å². The third-order valence-corrected chi connectivity index (χ3v) is 3.60. The number of aromatic nitrogens is 5. The highest BCUT2D eigenvalue weighted by atomic mass is 35.5. The Morgan fingerprint density at radius 1 is 1.52 bits per heavy atom. The van der Waals surface area contributed by atoms with Crippen LogP contribution in [0.1, 0.15) is 5.82 Å². The number of H-pyrrole nitrogens is 1. The molecule has 2 aromatic heterocycles. The SMILES string of the molecule is Nc1ncnc(N2Cc3n[nH]c(=O)n3CC2C(=O)O)c1Cl. The van der Waals surface area contributed by atoms with E-state index in [4.69, 9.17) is 17.3 Å². The van der Waals surface area contributed by atoms with Crippen molar-refractivity contribution in [2.75, 3.05) is 10.6 Å². The van der Waals surface area contributed by atoms with Crippen molar-refractivity contribution in [3.05, 3.63) is 27.7 Å². The van der Waals surface area contributed by atoms with Gasteiger partial charge in [0.05, 0.1) is 13.1 Å². The highest BCUT2D eigenvalue weighted by Gasteiger charge is 2.35. The Morgan fingerprint density at radius 2 is 2.29 bits per heavy atom. The van der Waals surface area contributed by atoms with Crippen LogP contribution in [0.4, 0.5) is 11.6 Å². The van der Waals surface area contributed by atoms with Gasteiger partial charge in [0.1, 0.15) is 23.2 Å². The second-order valence-corrected chi connectivity index (χ2v) is 4.81. The van der Waals surface area contributed by atoms with Crippen molar-refractivity contribution in [2.24, 2.45) is 0 Å². The number of aliphatic carboxylic acids is 1. The third-order valence-electron chi connectivity index (χ3n) is 3.24. The molecule has 1 aliphatic heterocycles. The summed E-state index contributed by atoms with van der Waals surface area (Å²) >= 11 is 6.05. The first-order valence-corrected chi connectivity index (χ1v) is 6.26. The molecule has 1 aliphatic rings. The van der Waals surface area contributed by atoms with E-state index in [-0.39, 0.29) is 29.7 Å². The number of hydrogen-bond donors (Lipinski definition) is 3. The molecule has 0 saturated heterocycles. The number of halogens is 1. The van der Waals surface area contributed by atoms with E-state index < -0.39 is 17.7 Å². The van der Waals surface area contributed by atoms with Crippen LogP contribution in [0.15, 0.2) is 11.1 Å². The molecule has 21 heavy (non-hydrogen) atoms. The lowest BCUT2D eigenvalue weighted by atomic mass is 10.2. The maximum absolute atomic E-state index is 11.6. The lowest BCUT2D eigenvalue weighted by Gasteiger charge is -2.33. The van der Waals surface area contributed by atoms with Crippen molar-refractivity contribution in [3.8, 4) is 0 Å². The number of nitrogen functional groups attached to an aromatic ring is 1. The van der Waals surface area contributed by atoms with E-state index in [0.717, 1.165) is 0 Å². The zero-order chi connectivity index (χ0) is 15.1. The van der Waals surface area contributed by atoms with Crippen LogP contribution in [0, 0.1) is 0 Å². The second kappa shape index (κ2) is 4.74. The molecule has 3 rings (SSSR count). The smallest absolute Gasteiger partial charge is 0.343 e. The predicted octanol–water partition coefficient (Wildman–Crippen LogP) is -0.930. The monoisotopic (exact) mass is 311 g/mol. The number of rotatable bonds is 2. The Kier molecular flexibility index (Phi) is 3.01. The van der Waals surface area contributed by atoms with E-state index in [2.05, 4.69) is 20.2 Å². The van der Waals surface area contributed by atoms with Crippen LogP contribution in [0.25, 0.3) is 0 Å². The molecule has 3 heterocycles. The third kappa shape index (κ3) is 2.09. The van der Waals surface area contributed by atoms with E-state index in [1.165, 1.54) is 15.8 Å². The van der Waals surface area contributed by atoms with Crippen molar-refractivity contribution in [1.29, 1.82) is 0 Å². The molecule has 10 nitrogen and oxygen atoms in total. The quantitative estimate of drug-likeness (QED) is 0.645. The van der Waals surface area contributed by atoms with Gasteiger partial charge in [-0.25, -0.2) is 24.7 Å². The minimum atomic E-state index is -1.11. The summed E-state index contributed by atoms with van der Waals surface area (Å²) in [5, 5.41) is 15.6. The number of carboxylic acid groups (broad SMARTS) is 1. The number of fused-ring (bicyclic) bond motifs is 1. The number of nitrogens with one attached hydrogen (secondary N) is 1. The first-order chi connectivity index (χ1) is 9.99. The summed E-state index contributed by atoms with van der Waals surface area (Å²) in [5.41, 5.74) is 5.16. The van der Waals surface area contributed by atoms with Crippen LogP contribution in [0.5, 0.6) is 0 Å². The Bertz CT molecular complexity index is 770. The second-order valence-electron chi connectivity index (χ2n) is 4.43. The number of carbonyl (C=O) groups is 1. The summed E-state index contributed by atoms with van der Waals surface area (Å²) in [6, 6.07) is -1.01. The summed E-state index contributed by atoms with van der Waals surface area (Å²) in [6.45, 7) is -0.00782. The molecule has 0 bridgehead atoms. The highest BCUT2D eigenvalue weighted by molar-refractivity contribution is 6.35. The van der Waals surface area contributed by atoms with Gasteiger partial charge in [0, 0.05) is 0 Å². The maximum atomic E-state index is 11.6. The summed E-state index contributed by atoms with van der Waals surface area (Å²) in [6.07, 6.45) is 1.20. The van der Waals surface area contributed by atoms with Gasteiger partial charge in [-0.1, -0.05) is 11.6 Å². The van der Waals surface area contributed by atoms with E-state index in [9.17, 15) is 14.7 Å². The zero-order valence-electron chi connectivity index (χ0n) is 10.5. The van der Waals surface area contributed by atoms with Gasteiger partial charge < -0.3 is 15.7 Å². The molecule has 0 radical (unpaired) electrons. The number of aromatic amines is 1. The number of nitrogens with two attached hydrogens (primary N) is 1. The van der Waals surface area contributed by atoms with Gasteiger partial charge in [0.25, 0.3) is 0 Å². The summed E-state index contributed by atoms with van der Waals surface area (Å²) in [4.78, 5) is 32.2. The maximum Gasteiger partial charge on any atom is 0.343 e. The standard InChI is InChI=1S/C10H10ClN7O3/c11-6-7(12)13-3-14-8(6)17-2-5-15-16-10(21)18(5)1-4(17)9(19)20/h3-4H,1-2H2,(H,16,21)(H,19,20)(H2,12,13,14). The van der Waals surface area contributed by atoms with Gasteiger partial charge in [-0.3, -0.25) is 4.57 Å². The Balaban J connectivity index is 2.10. The highest BCUT2D eigenvalue weighted by Crippen LogP contribution is 2.31. The van der Waals surface area contributed by atoms with Gasteiger partial charge in [0.15, 0.2) is 11.6 Å². The molecule has 1 atom stereocenters. The average molecular weight is 312 g/mol. The van der Waals surface area contributed by atoms with E-state index in [0.29, 0.717) is 5.82 Å². The molecule has 11 heteroatoms. The molecule has 0 aliphatic carbocycles. The van der Waals surface area contributed by atoms with Crippen LogP contribution >= 0.6 is 11.6 Å². The van der Waals surface area contributed by atoms with Crippen LogP contribution in [-0.4, -0.2) is 41.9 Å². The number of hydrogen-bond acceptors (Lipinski definition) is 7. The Hall–Kier alpha value is -2.62. The minimum Gasteiger partial charge on any atom is -0.480 e. The van der Waals surface area contributed by atoms with Crippen LogP contribution in [0.2, 0.25) is 5.02 Å². The fourth-order valence-corrected chi connectivity index (χ4v) is 2.41. The van der Waals surface area contributed by atoms with Crippen LogP contribution < -0.4 is 16.3 Å². The molecule has 2 aromatic rings. The normalized spacial score (nSPS) is 17.6. The summed E-state index contributed by atoms with van der Waals surface area (Å²) in [5.74, 6) is -0.471. The van der Waals surface area contributed by atoms with Crippen molar-refractivity contribution < 1.29 is 9.90 Å². The predicted molar refractivity (Wildman–Crippen MR) is 71.9 cm³/mol. The molecule has 0 aromatic carbocycles. The zero-order valence-corrected chi connectivity index (χ0v) is 11.3. The molecule has 0 fully saturated rings. The number of anilines is 2. The van der Waals surface area contributed by atoms with Crippen molar-refractivity contribution in [3.63, 3.8) is 0 Å². The van der Waals surface area contributed by atoms with E-state index in [1.807, 2.05) is 0 Å². The molecule has 0 saturated carbocycles. The largest absolute Gasteiger partial charge is 0.480 e. The first kappa shape index (κ1) is 13.4. The lowest BCUT2D eigenvalue weighted by molar-refractivity contribution is -0.139. The molecular weight excluding hydrogens is 302 g/mol. The Labute approximate surface area is 122 Å². The van der Waals surface area contributed by atoms with E-state index in [1.54, 1.807) is 0 Å². The summed E-state index contributed by atoms with van der Waals surface area (Å²) < 4.78 is 1.27. The van der Waals surface area contributed by atoms with Gasteiger partial charge in [-0.15, -0.1) is 0 Å². The van der Waals surface area contributed by atoms with Gasteiger partial charge in [-0.2, -0.15) is 5.10 Å². The van der Waals surface area contributed by atoms with Crippen molar-refractivity contribution in [1.82, 2.24) is 24.7 Å². The minimum absolute atomic E-state index is 0.0517. The molecule has 0 spiro atoms. The van der Waals surface area contributed by atoms with Gasteiger partial charge in [0.2, 0.25) is 0 Å². The first-order valence-electron chi connectivity index (χ1n) is 5.88. The average Bonchev–Trinajstić information content (AvgIpc) is 2.81. The van der Waals surface area contributed by atoms with Crippen molar-refractivity contribution in [2.45, 2.75) is 19.1 Å². The van der Waals surface area contributed by atoms with Gasteiger partial charge >= 0.3 is 11.7 Å². The number of carboxylic acids is 1. The molecule has 110 valence electrons. The van der Waals surface area contributed by atoms with Crippen LogP contribution in [0.3, 0.4) is 0 Å². The fraction of sp³-hybridized carbons (Fsp3) is 0.300.